The molecule has 146 valence electrons. The lowest BCUT2D eigenvalue weighted by Crippen LogP contribution is -1.97. The highest BCUT2D eigenvalue weighted by atomic mass is 32.1. The number of aromatic nitrogens is 1. The molecule has 0 atom stereocenters. The molecule has 0 bridgehead atoms. The zero-order valence-corrected chi connectivity index (χ0v) is 17.0. The number of nitrogen functional groups attached to an aromatic ring is 1. The molecule has 1 aromatic heterocycles. The minimum atomic E-state index is 0.206. The van der Waals surface area contributed by atoms with Crippen LogP contribution in [0.25, 0.3) is 0 Å². The number of benzene rings is 2. The quantitative estimate of drug-likeness (QED) is 0.658. The number of hydrogen-bond acceptors (Lipinski definition) is 8. The van der Waals surface area contributed by atoms with Gasteiger partial charge in [0.15, 0.2) is 22.4 Å². The van der Waals surface area contributed by atoms with Gasteiger partial charge in [-0.1, -0.05) is 47.2 Å². The summed E-state index contributed by atoms with van der Waals surface area (Å²) >= 11 is 1.17. The number of nitrogens with two attached hydrogens (primary N) is 1. The Kier molecular flexibility index (Phi) is 7.48. The molecule has 0 saturated carbocycles. The normalized spacial score (nSPS) is 9.54. The second-order valence-electron chi connectivity index (χ2n) is 5.54. The van der Waals surface area contributed by atoms with Gasteiger partial charge >= 0.3 is 0 Å². The van der Waals surface area contributed by atoms with Gasteiger partial charge in [0, 0.05) is 17.8 Å². The van der Waals surface area contributed by atoms with Gasteiger partial charge in [-0.3, -0.25) is 0 Å². The highest BCUT2D eigenvalue weighted by Crippen LogP contribution is 2.41. The number of nitrogens with one attached hydrogen (secondary N) is 1. The molecule has 3 N–H and O–H groups in total. The number of aryl methyl sites for hydroxylation is 1. The number of thiazole rings is 1. The fourth-order valence-electron chi connectivity index (χ4n) is 2.28. The minimum Gasteiger partial charge on any atom is -0.493 e. The number of hydrogen-bond donors (Lipinski definition) is 2. The molecule has 0 radical (unpaired) electrons. The number of rotatable bonds is 5. The summed E-state index contributed by atoms with van der Waals surface area (Å²) in [6, 6.07) is 15.7. The summed E-state index contributed by atoms with van der Waals surface area (Å²) in [6.07, 6.45) is 0. The zero-order valence-electron chi connectivity index (χ0n) is 16.1. The standard InChI is InChI=1S/C13H14N4O3S.C7H8/c1-18-8-4-7(5-9(19-2)11(8)20-3)16-13-17-12(15)10(6-14)21-13;1-7-5-3-2-4-6-7/h4-5H,15H2,1-3H3,(H,16,17);2-6H,1H3. The van der Waals surface area contributed by atoms with Gasteiger partial charge in [0.25, 0.3) is 0 Å². The molecule has 0 fully saturated rings. The Bertz CT molecular complexity index is 927. The summed E-state index contributed by atoms with van der Waals surface area (Å²) in [5, 5.41) is 12.5. The van der Waals surface area contributed by atoms with E-state index in [-0.39, 0.29) is 5.82 Å². The summed E-state index contributed by atoms with van der Waals surface area (Å²) in [6.45, 7) is 2.08. The fraction of sp³-hybridized carbons (Fsp3) is 0.200. The highest BCUT2D eigenvalue weighted by Gasteiger charge is 2.14. The number of nitriles is 1. The van der Waals surface area contributed by atoms with Gasteiger partial charge in [0.1, 0.15) is 10.9 Å². The first-order chi connectivity index (χ1) is 13.5. The molecule has 1 heterocycles. The van der Waals surface area contributed by atoms with Crippen LogP contribution in [0, 0.1) is 18.3 Å². The maximum Gasteiger partial charge on any atom is 0.203 e. The van der Waals surface area contributed by atoms with Crippen molar-refractivity contribution in [2.75, 3.05) is 32.4 Å². The molecule has 0 spiro atoms. The van der Waals surface area contributed by atoms with Crippen LogP contribution in [0.1, 0.15) is 10.4 Å². The average Bonchev–Trinajstić information content (AvgIpc) is 3.07. The number of nitrogens with zero attached hydrogens (tertiary/aromatic N) is 2. The lowest BCUT2D eigenvalue weighted by molar-refractivity contribution is 0.324. The van der Waals surface area contributed by atoms with E-state index >= 15 is 0 Å². The van der Waals surface area contributed by atoms with Gasteiger partial charge < -0.3 is 25.3 Å². The molecule has 0 unspecified atom stereocenters. The molecule has 0 aliphatic rings. The van der Waals surface area contributed by atoms with Crippen LogP contribution in [-0.4, -0.2) is 26.3 Å². The first-order valence-corrected chi connectivity index (χ1v) is 9.09. The smallest absolute Gasteiger partial charge is 0.203 e. The second-order valence-corrected chi connectivity index (χ2v) is 6.54. The predicted octanol–water partition coefficient (Wildman–Crippen LogP) is 4.36. The van der Waals surface area contributed by atoms with Crippen molar-refractivity contribution >= 4 is 28.0 Å². The highest BCUT2D eigenvalue weighted by molar-refractivity contribution is 7.16. The van der Waals surface area contributed by atoms with Gasteiger partial charge in [0.2, 0.25) is 5.75 Å². The van der Waals surface area contributed by atoms with Crippen LogP contribution in [-0.2, 0) is 0 Å². The maximum absolute atomic E-state index is 8.89. The Labute approximate surface area is 168 Å². The van der Waals surface area contributed by atoms with Crippen molar-refractivity contribution < 1.29 is 14.2 Å². The fourth-order valence-corrected chi connectivity index (χ4v) is 2.98. The Morgan fingerprint density at radius 1 is 1.04 bits per heavy atom. The molecule has 0 saturated heterocycles. The Balaban J connectivity index is 0.000000336. The van der Waals surface area contributed by atoms with Gasteiger partial charge in [-0.15, -0.1) is 0 Å². The largest absolute Gasteiger partial charge is 0.493 e. The van der Waals surface area contributed by atoms with Gasteiger partial charge in [-0.05, 0) is 6.92 Å². The van der Waals surface area contributed by atoms with Gasteiger partial charge in [0.05, 0.1) is 21.3 Å². The Morgan fingerprint density at radius 2 is 1.64 bits per heavy atom. The molecular formula is C20H22N4O3S. The summed E-state index contributed by atoms with van der Waals surface area (Å²) in [5.41, 5.74) is 7.64. The Hall–Kier alpha value is -3.44. The lowest BCUT2D eigenvalue weighted by atomic mass is 10.2. The van der Waals surface area contributed by atoms with Crippen molar-refractivity contribution in [1.82, 2.24) is 4.98 Å². The molecule has 3 aromatic rings. The Morgan fingerprint density at radius 3 is 2.04 bits per heavy atom. The van der Waals surface area contributed by atoms with Crippen molar-refractivity contribution in [2.24, 2.45) is 0 Å². The number of ether oxygens (including phenoxy) is 3. The third-order valence-electron chi connectivity index (χ3n) is 3.61. The van der Waals surface area contributed by atoms with Crippen LogP contribution in [0.2, 0.25) is 0 Å². The average molecular weight is 398 g/mol. The molecule has 8 heteroatoms. The van der Waals surface area contributed by atoms with Crippen molar-refractivity contribution in [3.8, 4) is 23.3 Å². The van der Waals surface area contributed by atoms with E-state index in [4.69, 9.17) is 25.2 Å². The first kappa shape index (κ1) is 20.9. The summed E-state index contributed by atoms with van der Waals surface area (Å²) in [7, 11) is 4.61. The van der Waals surface area contributed by atoms with E-state index in [0.29, 0.717) is 32.9 Å². The second kappa shape index (κ2) is 10.0. The van der Waals surface area contributed by atoms with Gasteiger partial charge in [-0.25, -0.2) is 4.98 Å². The lowest BCUT2D eigenvalue weighted by Gasteiger charge is -2.14. The first-order valence-electron chi connectivity index (χ1n) is 8.27. The maximum atomic E-state index is 8.89. The van der Waals surface area contributed by atoms with Crippen molar-refractivity contribution in [3.05, 3.63) is 52.9 Å². The minimum absolute atomic E-state index is 0.206. The SMILES string of the molecule is COc1cc(Nc2nc(N)c(C#N)s2)cc(OC)c1OC.Cc1ccccc1. The van der Waals surface area contributed by atoms with Crippen molar-refractivity contribution in [2.45, 2.75) is 6.92 Å². The summed E-state index contributed by atoms with van der Waals surface area (Å²) < 4.78 is 15.8. The third-order valence-corrected chi connectivity index (χ3v) is 4.50. The van der Waals surface area contributed by atoms with Crippen molar-refractivity contribution in [1.29, 1.82) is 5.26 Å². The van der Waals surface area contributed by atoms with E-state index in [1.807, 2.05) is 24.3 Å². The molecule has 0 aliphatic carbocycles. The molecule has 28 heavy (non-hydrogen) atoms. The van der Waals surface area contributed by atoms with E-state index in [0.717, 1.165) is 0 Å². The molecular weight excluding hydrogens is 376 g/mol. The van der Waals surface area contributed by atoms with Crippen LogP contribution in [0.5, 0.6) is 17.2 Å². The predicted molar refractivity (Wildman–Crippen MR) is 112 cm³/mol. The van der Waals surface area contributed by atoms with E-state index in [1.54, 1.807) is 12.1 Å². The molecule has 2 aromatic carbocycles. The van der Waals surface area contributed by atoms with Crippen molar-refractivity contribution in [3.63, 3.8) is 0 Å². The van der Waals surface area contributed by atoms with E-state index in [2.05, 4.69) is 29.4 Å². The van der Waals surface area contributed by atoms with Crippen LogP contribution in [0.4, 0.5) is 16.6 Å². The molecule has 3 rings (SSSR count). The third kappa shape index (κ3) is 5.28. The number of anilines is 3. The monoisotopic (exact) mass is 398 g/mol. The molecule has 0 amide bonds. The number of methoxy groups -OCH3 is 3. The van der Waals surface area contributed by atoms with E-state index in [1.165, 1.54) is 38.2 Å². The van der Waals surface area contributed by atoms with Crippen LogP contribution in [0.3, 0.4) is 0 Å². The zero-order chi connectivity index (χ0) is 20.5. The van der Waals surface area contributed by atoms with Gasteiger partial charge in [-0.2, -0.15) is 5.26 Å². The summed E-state index contributed by atoms with van der Waals surface area (Å²) in [4.78, 5) is 4.45. The van der Waals surface area contributed by atoms with Crippen LogP contribution in [0.15, 0.2) is 42.5 Å². The topological polar surface area (TPSA) is 102 Å². The molecule has 7 nitrogen and oxygen atoms in total. The van der Waals surface area contributed by atoms with E-state index in [9.17, 15) is 0 Å². The van der Waals surface area contributed by atoms with Crippen LogP contribution >= 0.6 is 11.3 Å². The van der Waals surface area contributed by atoms with E-state index < -0.39 is 0 Å². The summed E-state index contributed by atoms with van der Waals surface area (Å²) in [5.74, 6) is 1.74. The molecule has 0 aliphatic heterocycles. The van der Waals surface area contributed by atoms with Crippen LogP contribution < -0.4 is 25.3 Å².